The number of primary amides is 1. The highest BCUT2D eigenvalue weighted by Crippen LogP contribution is 1.58. The van der Waals surface area contributed by atoms with Crippen LogP contribution in [0.1, 0.15) is 13.8 Å². The third-order valence-electron chi connectivity index (χ3n) is 0. The van der Waals surface area contributed by atoms with E-state index in [1.807, 2.05) is 13.8 Å². The van der Waals surface area contributed by atoms with E-state index in [0.29, 0.717) is 0 Å². The van der Waals surface area contributed by atoms with Gasteiger partial charge < -0.3 is 10.8 Å². The second-order valence-corrected chi connectivity index (χ2v) is 2.24. The first-order chi connectivity index (χ1) is 4.56. The first-order valence-electron chi connectivity index (χ1n) is 2.76. The Balaban J connectivity index is -0.0000000750. The molecule has 10 heavy (non-hydrogen) atoms. The van der Waals surface area contributed by atoms with Crippen LogP contribution in [-0.4, -0.2) is 22.7 Å². The van der Waals surface area contributed by atoms with E-state index in [-0.39, 0.29) is 0 Å². The molecule has 0 heterocycles. The highest BCUT2D eigenvalue weighted by Gasteiger charge is 1.65. The Hall–Kier alpha value is -0.0300. The number of nitrogens with two attached hydrogens (primary N) is 1. The summed E-state index contributed by atoms with van der Waals surface area (Å²) >= 11 is 7.58. The Bertz CT molecular complexity index is 55.6. The lowest BCUT2D eigenvalue weighted by Crippen LogP contribution is -2.03. The molecule has 0 fully saturated rings. The van der Waals surface area contributed by atoms with Crippen molar-refractivity contribution in [1.29, 1.82) is 0 Å². The topological polar surface area (TPSA) is 63.3 Å². The minimum Gasteiger partial charge on any atom is -0.465 e. The number of amides is 1. The second-order valence-electron chi connectivity index (χ2n) is 0.971. The maximum Gasteiger partial charge on any atom is 0.402 e. The van der Waals surface area contributed by atoms with Crippen molar-refractivity contribution in [2.24, 2.45) is 5.73 Å². The van der Waals surface area contributed by atoms with Gasteiger partial charge in [0.1, 0.15) is 0 Å². The third kappa shape index (κ3) is 430000. The minimum atomic E-state index is -1.33. The van der Waals surface area contributed by atoms with Gasteiger partial charge in [-0.05, 0) is 11.5 Å². The van der Waals surface area contributed by atoms with Gasteiger partial charge in [0.05, 0.1) is 0 Å². The van der Waals surface area contributed by atoms with E-state index in [1.165, 1.54) is 0 Å². The molecule has 0 radical (unpaired) electrons. The monoisotopic (exact) mass is 185 g/mol. The predicted molar refractivity (Wildman–Crippen MR) is 51.3 cm³/mol. The number of hydrogen-bond acceptors (Lipinski definition) is 3. The maximum atomic E-state index is 8.78. The van der Waals surface area contributed by atoms with Gasteiger partial charge in [0, 0.05) is 0 Å². The third-order valence-corrected chi connectivity index (χ3v) is 0. The molecular weight excluding hydrogens is 170 g/mol. The second kappa shape index (κ2) is 23.1. The SMILES string of the molecule is CCS.CCS.NC(=O)O. The zero-order chi connectivity index (χ0) is 8.99. The molecule has 0 aromatic carbocycles. The Morgan fingerprint density at radius 3 is 1.40 bits per heavy atom. The van der Waals surface area contributed by atoms with E-state index in [1.54, 1.807) is 0 Å². The van der Waals surface area contributed by atoms with Crippen LogP contribution in [0.15, 0.2) is 0 Å². The lowest BCUT2D eigenvalue weighted by molar-refractivity contribution is 0.205. The zero-order valence-electron chi connectivity index (χ0n) is 6.24. The van der Waals surface area contributed by atoms with Gasteiger partial charge in [0.25, 0.3) is 0 Å². The van der Waals surface area contributed by atoms with Crippen molar-refractivity contribution in [3.63, 3.8) is 0 Å². The average Bonchev–Trinajstić information content (AvgIpc) is 1.65. The summed E-state index contributed by atoms with van der Waals surface area (Å²) in [6.07, 6.45) is -1.33. The van der Waals surface area contributed by atoms with Gasteiger partial charge in [0.2, 0.25) is 0 Å². The fraction of sp³-hybridized carbons (Fsp3) is 0.800. The molecule has 3 nitrogen and oxygen atoms in total. The van der Waals surface area contributed by atoms with Crippen molar-refractivity contribution in [2.75, 3.05) is 11.5 Å². The van der Waals surface area contributed by atoms with Gasteiger partial charge in [-0.1, -0.05) is 13.8 Å². The average molecular weight is 185 g/mol. The molecule has 0 rings (SSSR count). The maximum absolute atomic E-state index is 8.78. The summed E-state index contributed by atoms with van der Waals surface area (Å²) in [5.41, 5.74) is 4.03. The van der Waals surface area contributed by atoms with Crippen LogP contribution in [0, 0.1) is 0 Å². The van der Waals surface area contributed by atoms with E-state index in [9.17, 15) is 0 Å². The lowest BCUT2D eigenvalue weighted by Gasteiger charge is -1.61. The minimum absolute atomic E-state index is 0.944. The molecule has 3 N–H and O–H groups in total. The zero-order valence-corrected chi connectivity index (χ0v) is 8.03. The van der Waals surface area contributed by atoms with Gasteiger partial charge >= 0.3 is 6.09 Å². The smallest absolute Gasteiger partial charge is 0.402 e. The normalized spacial score (nSPS) is 6.00. The van der Waals surface area contributed by atoms with Crippen molar-refractivity contribution in [3.05, 3.63) is 0 Å². The molecule has 0 saturated carbocycles. The standard InChI is InChI=1S/2C2H6S.CH3NO2/c2*1-2-3;2-1(3)4/h2*3H,2H2,1H3;2H2,(H,3,4). The highest BCUT2D eigenvalue weighted by atomic mass is 32.1. The Morgan fingerprint density at radius 1 is 1.40 bits per heavy atom. The molecule has 0 aliphatic rings. The molecular formula is C5H15NO2S2. The summed E-state index contributed by atoms with van der Waals surface area (Å²) in [7, 11) is 0. The fourth-order valence-corrected chi connectivity index (χ4v) is 0. The molecule has 0 aliphatic carbocycles. The van der Waals surface area contributed by atoms with Crippen LogP contribution in [0.25, 0.3) is 0 Å². The van der Waals surface area contributed by atoms with Gasteiger partial charge in [-0.25, -0.2) is 4.79 Å². The van der Waals surface area contributed by atoms with Gasteiger partial charge in [0.15, 0.2) is 0 Å². The number of thiol groups is 2. The van der Waals surface area contributed by atoms with Gasteiger partial charge in [-0.15, -0.1) is 0 Å². The van der Waals surface area contributed by atoms with E-state index in [4.69, 9.17) is 9.90 Å². The molecule has 64 valence electrons. The molecule has 0 aliphatic heterocycles. The summed E-state index contributed by atoms with van der Waals surface area (Å²) in [4.78, 5) is 8.78. The van der Waals surface area contributed by atoms with Crippen molar-refractivity contribution in [2.45, 2.75) is 13.8 Å². The number of carbonyl (C=O) groups is 1. The highest BCUT2D eigenvalue weighted by molar-refractivity contribution is 7.80. The summed E-state index contributed by atoms with van der Waals surface area (Å²) in [5, 5.41) is 7.19. The molecule has 0 aromatic rings. The molecule has 0 saturated heterocycles. The van der Waals surface area contributed by atoms with Gasteiger partial charge in [-0.2, -0.15) is 25.3 Å². The Morgan fingerprint density at radius 2 is 1.40 bits per heavy atom. The van der Waals surface area contributed by atoms with Crippen LogP contribution in [0.3, 0.4) is 0 Å². The fourth-order valence-electron chi connectivity index (χ4n) is 0. The van der Waals surface area contributed by atoms with E-state index >= 15 is 0 Å². The quantitative estimate of drug-likeness (QED) is 0.432. The van der Waals surface area contributed by atoms with E-state index < -0.39 is 6.09 Å². The Labute approximate surface area is 72.8 Å². The molecule has 0 bridgehead atoms. The largest absolute Gasteiger partial charge is 0.465 e. The van der Waals surface area contributed by atoms with Crippen molar-refractivity contribution in [3.8, 4) is 0 Å². The van der Waals surface area contributed by atoms with Crippen LogP contribution in [-0.2, 0) is 0 Å². The molecule has 1 amide bonds. The predicted octanol–water partition coefficient (Wildman–Crippen LogP) is 1.50. The summed E-state index contributed by atoms with van der Waals surface area (Å²) < 4.78 is 0. The number of rotatable bonds is 0. The van der Waals surface area contributed by atoms with Crippen molar-refractivity contribution < 1.29 is 9.90 Å². The molecule has 0 atom stereocenters. The first-order valence-corrected chi connectivity index (χ1v) is 4.03. The van der Waals surface area contributed by atoms with Crippen LogP contribution in [0.4, 0.5) is 4.79 Å². The summed E-state index contributed by atoms with van der Waals surface area (Å²) in [6.45, 7) is 3.98. The first kappa shape index (κ1) is 16.5. The van der Waals surface area contributed by atoms with Gasteiger partial charge in [-0.3, -0.25) is 0 Å². The number of carboxylic acid groups (broad SMARTS) is 1. The van der Waals surface area contributed by atoms with E-state index in [0.717, 1.165) is 11.5 Å². The molecule has 0 spiro atoms. The molecule has 5 heteroatoms. The van der Waals surface area contributed by atoms with Crippen LogP contribution in [0.2, 0.25) is 0 Å². The van der Waals surface area contributed by atoms with Crippen LogP contribution < -0.4 is 5.73 Å². The summed E-state index contributed by atoms with van der Waals surface area (Å²) in [6, 6.07) is 0. The number of hydrogen-bond donors (Lipinski definition) is 4. The summed E-state index contributed by atoms with van der Waals surface area (Å²) in [5.74, 6) is 1.89. The molecule has 0 unspecified atom stereocenters. The van der Waals surface area contributed by atoms with Crippen LogP contribution >= 0.6 is 25.3 Å². The van der Waals surface area contributed by atoms with E-state index in [2.05, 4.69) is 31.0 Å². The van der Waals surface area contributed by atoms with Crippen LogP contribution in [0.5, 0.6) is 0 Å². The van der Waals surface area contributed by atoms with Crippen molar-refractivity contribution >= 4 is 31.4 Å². The lowest BCUT2D eigenvalue weighted by atomic mass is 11.0. The Kier molecular flexibility index (Phi) is 38.1. The molecule has 0 aromatic heterocycles. The van der Waals surface area contributed by atoms with Crippen molar-refractivity contribution in [1.82, 2.24) is 0 Å².